The largest absolute Gasteiger partial charge is 0.508 e. The summed E-state index contributed by atoms with van der Waals surface area (Å²) in [6.45, 7) is 11.2. The molecule has 0 amide bonds. The highest BCUT2D eigenvalue weighted by atomic mass is 16.5. The summed E-state index contributed by atoms with van der Waals surface area (Å²) in [7, 11) is 0. The molecule has 3 aliphatic heterocycles. The van der Waals surface area contributed by atoms with Crippen molar-refractivity contribution in [2.75, 3.05) is 39.6 Å². The lowest BCUT2D eigenvalue weighted by atomic mass is 9.76. The van der Waals surface area contributed by atoms with E-state index in [0.29, 0.717) is 51.1 Å². The monoisotopic (exact) mass is 847 g/mol. The summed E-state index contributed by atoms with van der Waals surface area (Å²) in [6, 6.07) is 17.2. The molecule has 4 aromatic carbocycles. The van der Waals surface area contributed by atoms with Crippen molar-refractivity contribution in [2.24, 2.45) is 0 Å². The van der Waals surface area contributed by atoms with E-state index in [4.69, 9.17) is 28.4 Å². The number of fused-ring (bicyclic) bond motifs is 2. The number of hydrogen-bond acceptors (Lipinski definition) is 8. The molecule has 4 atom stereocenters. The third-order valence-electron chi connectivity index (χ3n) is 13.8. The number of hydrogen-bond donors (Lipinski definition) is 2. The summed E-state index contributed by atoms with van der Waals surface area (Å²) in [5.74, 6) is 4.62. The molecule has 8 rings (SSSR count). The van der Waals surface area contributed by atoms with Gasteiger partial charge in [-0.15, -0.1) is 0 Å². The third-order valence-corrected chi connectivity index (χ3v) is 13.8. The van der Waals surface area contributed by atoms with Crippen LogP contribution in [-0.4, -0.2) is 49.9 Å². The molecular weight excluding hydrogens is 777 g/mol. The first kappa shape index (κ1) is 43.9. The Labute approximate surface area is 370 Å². The van der Waals surface area contributed by atoms with Gasteiger partial charge in [-0.25, -0.2) is 0 Å². The van der Waals surface area contributed by atoms with Gasteiger partial charge in [0.1, 0.15) is 85.6 Å². The van der Waals surface area contributed by atoms with Crippen LogP contribution in [-0.2, 0) is 0 Å². The van der Waals surface area contributed by atoms with Crippen molar-refractivity contribution in [3.8, 4) is 46.0 Å². The van der Waals surface area contributed by atoms with Crippen LogP contribution >= 0.6 is 0 Å². The Morgan fingerprint density at radius 2 is 0.548 bits per heavy atom. The summed E-state index contributed by atoms with van der Waals surface area (Å²) in [6.07, 6.45) is 16.3. The molecular formula is C54H70O8. The van der Waals surface area contributed by atoms with E-state index in [0.717, 1.165) is 170 Å². The van der Waals surface area contributed by atoms with Gasteiger partial charge in [-0.1, -0.05) is 105 Å². The average molecular weight is 847 g/mol. The second-order valence-corrected chi connectivity index (χ2v) is 18.0. The average Bonchev–Trinajstić information content (AvgIpc) is 3.42. The first-order valence-corrected chi connectivity index (χ1v) is 24.3. The molecule has 8 heteroatoms. The quantitative estimate of drug-likeness (QED) is 0.108. The van der Waals surface area contributed by atoms with E-state index in [9.17, 15) is 10.2 Å². The highest BCUT2D eigenvalue weighted by Crippen LogP contribution is 2.54. The summed E-state index contributed by atoms with van der Waals surface area (Å²) < 4.78 is 40.0. The molecule has 0 spiro atoms. The lowest BCUT2D eigenvalue weighted by Crippen LogP contribution is -2.13. The third kappa shape index (κ3) is 9.31. The highest BCUT2D eigenvalue weighted by Gasteiger charge is 2.35. The number of ether oxygens (including phenoxy) is 6. The van der Waals surface area contributed by atoms with Crippen molar-refractivity contribution < 1.29 is 38.6 Å². The minimum Gasteiger partial charge on any atom is -0.508 e. The molecule has 4 aliphatic rings. The molecule has 2 unspecified atom stereocenters. The van der Waals surface area contributed by atoms with Crippen molar-refractivity contribution in [1.82, 2.24) is 0 Å². The molecule has 0 radical (unpaired) electrons. The lowest BCUT2D eigenvalue weighted by Gasteiger charge is -2.30. The molecule has 3 heterocycles. The summed E-state index contributed by atoms with van der Waals surface area (Å²) in [5, 5.41) is 24.4. The molecule has 0 aromatic heterocycles. The zero-order valence-corrected chi connectivity index (χ0v) is 37.8. The van der Waals surface area contributed by atoms with Crippen LogP contribution < -0.4 is 28.4 Å². The Morgan fingerprint density at radius 3 is 0.806 bits per heavy atom. The first-order chi connectivity index (χ1) is 30.4. The maximum absolute atomic E-state index is 12.2. The van der Waals surface area contributed by atoms with Crippen molar-refractivity contribution in [3.63, 3.8) is 0 Å². The molecule has 0 saturated heterocycles. The summed E-state index contributed by atoms with van der Waals surface area (Å²) >= 11 is 0. The van der Waals surface area contributed by atoms with E-state index in [1.54, 1.807) is 0 Å². The second kappa shape index (κ2) is 20.6. The predicted octanol–water partition coefficient (Wildman–Crippen LogP) is 13.6. The normalized spacial score (nSPS) is 19.9. The molecule has 4 aromatic rings. The SMILES string of the molecule is CCCCCC1c2cc3c(cc2O)OCCOc2cc4c(cc2[C@@H]3CCCCC)C(CCCCC)c2cc3c(cc2OCCO4)OCCOc2cc(O)c1cc2[C@@H]3CCCCC. The topological polar surface area (TPSA) is 95.8 Å². The number of phenolic OH excluding ortho intramolecular Hbond substituents is 2. The summed E-state index contributed by atoms with van der Waals surface area (Å²) in [5.41, 5.74) is 8.29. The molecule has 1 aliphatic carbocycles. The molecule has 8 bridgehead atoms. The van der Waals surface area contributed by atoms with Crippen molar-refractivity contribution in [1.29, 1.82) is 0 Å². The molecule has 8 nitrogen and oxygen atoms in total. The van der Waals surface area contributed by atoms with Crippen LogP contribution in [0.2, 0.25) is 0 Å². The van der Waals surface area contributed by atoms with Gasteiger partial charge in [0.25, 0.3) is 0 Å². The highest BCUT2D eigenvalue weighted by molar-refractivity contribution is 5.63. The Bertz CT molecular complexity index is 2000. The Morgan fingerprint density at radius 1 is 0.323 bits per heavy atom. The minimum atomic E-state index is -0.279. The van der Waals surface area contributed by atoms with Gasteiger partial charge < -0.3 is 38.6 Å². The lowest BCUT2D eigenvalue weighted by molar-refractivity contribution is 0.207. The van der Waals surface area contributed by atoms with E-state index in [-0.39, 0.29) is 35.2 Å². The predicted molar refractivity (Wildman–Crippen MR) is 246 cm³/mol. The van der Waals surface area contributed by atoms with Gasteiger partial charge in [-0.2, -0.15) is 0 Å². The van der Waals surface area contributed by atoms with Gasteiger partial charge in [0, 0.05) is 92.4 Å². The fourth-order valence-corrected chi connectivity index (χ4v) is 10.6. The van der Waals surface area contributed by atoms with Crippen molar-refractivity contribution in [3.05, 3.63) is 93.0 Å². The maximum atomic E-state index is 12.2. The van der Waals surface area contributed by atoms with Gasteiger partial charge in [0.15, 0.2) is 0 Å². The van der Waals surface area contributed by atoms with Gasteiger partial charge in [0.2, 0.25) is 0 Å². The fraction of sp³-hybridized carbons (Fsp3) is 0.556. The molecule has 62 heavy (non-hydrogen) atoms. The van der Waals surface area contributed by atoms with Crippen LogP contribution in [0.15, 0.2) is 48.5 Å². The van der Waals surface area contributed by atoms with E-state index >= 15 is 0 Å². The van der Waals surface area contributed by atoms with Gasteiger partial charge in [0.05, 0.1) is 0 Å². The Balaban J connectivity index is 1.49. The zero-order chi connectivity index (χ0) is 43.0. The van der Waals surface area contributed by atoms with Crippen LogP contribution in [0.5, 0.6) is 46.0 Å². The van der Waals surface area contributed by atoms with Crippen LogP contribution in [0.3, 0.4) is 0 Å². The van der Waals surface area contributed by atoms with Crippen LogP contribution in [0, 0.1) is 0 Å². The van der Waals surface area contributed by atoms with Crippen LogP contribution in [0.1, 0.15) is 199 Å². The standard InChI is InChI=1S/C54H70O8/c1-5-9-13-17-35-39-27-41-36(18-14-10-6-2)43-29-45-38(20-16-12-8-4)46-30-44-37(19-15-11-7-3)42-28-40(35)48(56)32-50(42)58-22-24-60-52(44)34-54(46)62-26-25-61-53(45)33-51(43)59-23-21-57-49(41)31-47(39)55/h27-38,55-56H,5-26H2,1-4H3/t35?,36-,37+,38?. The van der Waals surface area contributed by atoms with Gasteiger partial charge in [-0.3, -0.25) is 0 Å². The van der Waals surface area contributed by atoms with E-state index < -0.39 is 0 Å². The van der Waals surface area contributed by atoms with E-state index in [1.165, 1.54) is 0 Å². The van der Waals surface area contributed by atoms with E-state index in [1.807, 2.05) is 12.1 Å². The number of rotatable bonds is 16. The van der Waals surface area contributed by atoms with Crippen molar-refractivity contribution >= 4 is 0 Å². The number of aromatic hydroxyl groups is 2. The smallest absolute Gasteiger partial charge is 0.127 e. The minimum absolute atomic E-state index is 0.0267. The van der Waals surface area contributed by atoms with Crippen LogP contribution in [0.4, 0.5) is 0 Å². The second-order valence-electron chi connectivity index (χ2n) is 18.0. The summed E-state index contributed by atoms with van der Waals surface area (Å²) in [4.78, 5) is 0. The molecule has 0 fully saturated rings. The number of phenols is 2. The van der Waals surface area contributed by atoms with Gasteiger partial charge >= 0.3 is 0 Å². The number of unbranched alkanes of at least 4 members (excludes halogenated alkanes) is 8. The van der Waals surface area contributed by atoms with Crippen molar-refractivity contribution in [2.45, 2.75) is 154 Å². The molecule has 2 N–H and O–H groups in total. The van der Waals surface area contributed by atoms with Crippen LogP contribution in [0.25, 0.3) is 0 Å². The maximum Gasteiger partial charge on any atom is 0.127 e. The van der Waals surface area contributed by atoms with E-state index in [2.05, 4.69) is 64.1 Å². The number of benzene rings is 4. The van der Waals surface area contributed by atoms with Gasteiger partial charge in [-0.05, 0) is 49.9 Å². The Kier molecular flexibility index (Phi) is 14.6. The molecule has 0 saturated carbocycles. The first-order valence-electron chi connectivity index (χ1n) is 24.3. The molecule has 334 valence electrons. The Hall–Kier alpha value is -4.72. The zero-order valence-electron chi connectivity index (χ0n) is 37.8. The fourth-order valence-electron chi connectivity index (χ4n) is 10.6.